The van der Waals surface area contributed by atoms with Crippen LogP contribution in [0.4, 0.5) is 4.39 Å². The zero-order valence-electron chi connectivity index (χ0n) is 11.1. The minimum absolute atomic E-state index is 0.0315. The lowest BCUT2D eigenvalue weighted by molar-refractivity contribution is 0.439. The van der Waals surface area contributed by atoms with Gasteiger partial charge in [-0.2, -0.15) is 0 Å². The van der Waals surface area contributed by atoms with Crippen LogP contribution in [0.25, 0.3) is 0 Å². The molecule has 0 unspecified atom stereocenters. The predicted octanol–water partition coefficient (Wildman–Crippen LogP) is 2.40. The van der Waals surface area contributed by atoms with Gasteiger partial charge in [0.2, 0.25) is 10.0 Å². The molecule has 0 bridgehead atoms. The second-order valence-corrected chi connectivity index (χ2v) is 6.99. The lowest BCUT2D eigenvalue weighted by Crippen LogP contribution is -2.42. The van der Waals surface area contributed by atoms with Crippen LogP contribution >= 0.6 is 11.6 Å². The van der Waals surface area contributed by atoms with Gasteiger partial charge in [0.15, 0.2) is 0 Å². The molecular formula is C12H18ClFN2O2S. The highest BCUT2D eigenvalue weighted by Gasteiger charge is 2.26. The Morgan fingerprint density at radius 2 is 2.00 bits per heavy atom. The van der Waals surface area contributed by atoms with E-state index in [-0.39, 0.29) is 22.0 Å². The molecule has 0 heterocycles. The minimum atomic E-state index is -3.81. The van der Waals surface area contributed by atoms with Gasteiger partial charge < -0.3 is 5.73 Å². The van der Waals surface area contributed by atoms with Gasteiger partial charge >= 0.3 is 0 Å². The number of sulfonamides is 1. The molecule has 19 heavy (non-hydrogen) atoms. The Morgan fingerprint density at radius 1 is 1.42 bits per heavy atom. The Kier molecular flexibility index (Phi) is 4.95. The van der Waals surface area contributed by atoms with Crippen molar-refractivity contribution in [2.24, 2.45) is 5.73 Å². The molecular weight excluding hydrogens is 291 g/mol. The maximum absolute atomic E-state index is 13.6. The molecule has 3 N–H and O–H groups in total. The Balaban J connectivity index is 3.26. The summed E-state index contributed by atoms with van der Waals surface area (Å²) < 4.78 is 40.5. The standard InChI is InChI=1S/C12H18ClFN2O2S/c1-4-12(2,3)16-19(17,18)9-5-8(7-15)11(13)10(14)6-9/h5-6,16H,4,7,15H2,1-3H3. The van der Waals surface area contributed by atoms with Crippen LogP contribution in [0.2, 0.25) is 5.02 Å². The zero-order chi connectivity index (χ0) is 14.8. The molecule has 0 spiro atoms. The zero-order valence-corrected chi connectivity index (χ0v) is 12.7. The molecule has 0 saturated heterocycles. The van der Waals surface area contributed by atoms with Gasteiger partial charge in [-0.1, -0.05) is 18.5 Å². The SMILES string of the molecule is CCC(C)(C)NS(=O)(=O)c1cc(F)c(Cl)c(CN)c1. The second kappa shape index (κ2) is 5.75. The van der Waals surface area contributed by atoms with Crippen molar-refractivity contribution < 1.29 is 12.8 Å². The molecule has 0 atom stereocenters. The maximum atomic E-state index is 13.6. The smallest absolute Gasteiger partial charge is 0.241 e. The highest BCUT2D eigenvalue weighted by Crippen LogP contribution is 2.25. The molecule has 1 aromatic rings. The molecule has 0 aliphatic heterocycles. The molecule has 108 valence electrons. The van der Waals surface area contributed by atoms with Crippen LogP contribution in [0.5, 0.6) is 0 Å². The number of hydrogen-bond donors (Lipinski definition) is 2. The summed E-state index contributed by atoms with van der Waals surface area (Å²) in [5.41, 5.74) is 5.07. The fraction of sp³-hybridized carbons (Fsp3) is 0.500. The second-order valence-electron chi connectivity index (χ2n) is 4.93. The van der Waals surface area contributed by atoms with Gasteiger partial charge in [-0.3, -0.25) is 0 Å². The molecule has 4 nitrogen and oxygen atoms in total. The Hall–Kier alpha value is -0.690. The molecule has 0 fully saturated rings. The highest BCUT2D eigenvalue weighted by molar-refractivity contribution is 7.89. The summed E-state index contributed by atoms with van der Waals surface area (Å²) in [6.07, 6.45) is 0.603. The van der Waals surface area contributed by atoms with E-state index in [1.54, 1.807) is 13.8 Å². The number of nitrogens with one attached hydrogen (secondary N) is 1. The van der Waals surface area contributed by atoms with E-state index < -0.39 is 21.4 Å². The van der Waals surface area contributed by atoms with E-state index in [0.29, 0.717) is 6.42 Å². The first-order valence-corrected chi connectivity index (χ1v) is 7.71. The number of benzene rings is 1. The molecule has 0 aromatic heterocycles. The van der Waals surface area contributed by atoms with Crippen LogP contribution in [-0.4, -0.2) is 14.0 Å². The van der Waals surface area contributed by atoms with Crippen LogP contribution in [0.3, 0.4) is 0 Å². The van der Waals surface area contributed by atoms with Gasteiger partial charge in [0, 0.05) is 12.1 Å². The molecule has 1 rings (SSSR count). The average Bonchev–Trinajstić information content (AvgIpc) is 2.31. The summed E-state index contributed by atoms with van der Waals surface area (Å²) in [5, 5.41) is -0.142. The molecule has 0 aliphatic carbocycles. The van der Waals surface area contributed by atoms with Crippen LogP contribution in [0, 0.1) is 5.82 Å². The number of halogens is 2. The Labute approximate surface area is 118 Å². The monoisotopic (exact) mass is 308 g/mol. The molecule has 0 radical (unpaired) electrons. The molecule has 7 heteroatoms. The van der Waals surface area contributed by atoms with Crippen molar-refractivity contribution in [1.29, 1.82) is 0 Å². The van der Waals surface area contributed by atoms with Gasteiger partial charge in [0.05, 0.1) is 9.92 Å². The van der Waals surface area contributed by atoms with Crippen LogP contribution in [0.15, 0.2) is 17.0 Å². The van der Waals surface area contributed by atoms with Gasteiger partial charge in [-0.25, -0.2) is 17.5 Å². The van der Waals surface area contributed by atoms with E-state index in [2.05, 4.69) is 4.72 Å². The third-order valence-electron chi connectivity index (χ3n) is 2.90. The van der Waals surface area contributed by atoms with Crippen molar-refractivity contribution in [2.75, 3.05) is 0 Å². The lowest BCUT2D eigenvalue weighted by atomic mass is 10.0. The fourth-order valence-corrected chi connectivity index (χ4v) is 3.15. The summed E-state index contributed by atoms with van der Waals surface area (Å²) in [5.74, 6) is -0.792. The van der Waals surface area contributed by atoms with Gasteiger partial charge in [-0.15, -0.1) is 0 Å². The topological polar surface area (TPSA) is 72.2 Å². The number of nitrogens with two attached hydrogens (primary N) is 1. The first-order valence-electron chi connectivity index (χ1n) is 5.85. The summed E-state index contributed by atoms with van der Waals surface area (Å²) in [6, 6.07) is 2.19. The van der Waals surface area contributed by atoms with Crippen molar-refractivity contribution in [3.05, 3.63) is 28.5 Å². The van der Waals surface area contributed by atoms with E-state index in [1.165, 1.54) is 6.07 Å². The largest absolute Gasteiger partial charge is 0.326 e. The first-order chi connectivity index (χ1) is 8.63. The van der Waals surface area contributed by atoms with Gasteiger partial charge in [-0.05, 0) is 38.0 Å². The Bertz CT molecular complexity index is 573. The quantitative estimate of drug-likeness (QED) is 0.877. The van der Waals surface area contributed by atoms with E-state index in [1.807, 2.05) is 6.92 Å². The number of rotatable bonds is 5. The molecule has 0 saturated carbocycles. The maximum Gasteiger partial charge on any atom is 0.241 e. The summed E-state index contributed by atoms with van der Waals surface area (Å²) >= 11 is 5.71. The van der Waals surface area contributed by atoms with E-state index >= 15 is 0 Å². The fourth-order valence-electron chi connectivity index (χ4n) is 1.42. The van der Waals surface area contributed by atoms with Crippen molar-refractivity contribution in [3.63, 3.8) is 0 Å². The summed E-state index contributed by atoms with van der Waals surface area (Å²) in [4.78, 5) is -0.170. The lowest BCUT2D eigenvalue weighted by Gasteiger charge is -2.24. The first kappa shape index (κ1) is 16.4. The summed E-state index contributed by atoms with van der Waals surface area (Å²) in [7, 11) is -3.81. The number of hydrogen-bond acceptors (Lipinski definition) is 3. The minimum Gasteiger partial charge on any atom is -0.326 e. The van der Waals surface area contributed by atoms with Crippen LogP contribution in [-0.2, 0) is 16.6 Å². The third-order valence-corrected chi connectivity index (χ3v) is 5.00. The van der Waals surface area contributed by atoms with E-state index in [4.69, 9.17) is 17.3 Å². The third kappa shape index (κ3) is 3.89. The van der Waals surface area contributed by atoms with Crippen LogP contribution in [0.1, 0.15) is 32.8 Å². The summed E-state index contributed by atoms with van der Waals surface area (Å²) in [6.45, 7) is 5.33. The van der Waals surface area contributed by atoms with Crippen molar-refractivity contribution >= 4 is 21.6 Å². The predicted molar refractivity (Wildman–Crippen MR) is 74.0 cm³/mol. The molecule has 0 amide bonds. The Morgan fingerprint density at radius 3 is 2.47 bits per heavy atom. The van der Waals surface area contributed by atoms with E-state index in [9.17, 15) is 12.8 Å². The van der Waals surface area contributed by atoms with Crippen molar-refractivity contribution in [3.8, 4) is 0 Å². The normalized spacial score (nSPS) is 12.7. The van der Waals surface area contributed by atoms with Gasteiger partial charge in [0.25, 0.3) is 0 Å². The molecule has 1 aromatic carbocycles. The van der Waals surface area contributed by atoms with Crippen LogP contribution < -0.4 is 10.5 Å². The van der Waals surface area contributed by atoms with E-state index in [0.717, 1.165) is 6.07 Å². The highest BCUT2D eigenvalue weighted by atomic mass is 35.5. The van der Waals surface area contributed by atoms with Crippen molar-refractivity contribution in [2.45, 2.75) is 44.2 Å². The van der Waals surface area contributed by atoms with Gasteiger partial charge in [0.1, 0.15) is 5.82 Å². The van der Waals surface area contributed by atoms with Crippen molar-refractivity contribution in [1.82, 2.24) is 4.72 Å². The molecule has 0 aliphatic rings. The average molecular weight is 309 g/mol.